The van der Waals surface area contributed by atoms with Gasteiger partial charge in [0, 0.05) is 12.2 Å². The van der Waals surface area contributed by atoms with Crippen LogP contribution in [0.25, 0.3) is 0 Å². The second-order valence-electron chi connectivity index (χ2n) is 6.16. The number of phenolic OH excluding ortho intramolecular Hbond substituents is 1. The Hall–Kier alpha value is -2.26. The van der Waals surface area contributed by atoms with Crippen molar-refractivity contribution in [2.75, 3.05) is 12.3 Å². The van der Waals surface area contributed by atoms with Crippen LogP contribution in [0, 0.1) is 0 Å². The van der Waals surface area contributed by atoms with Crippen LogP contribution in [0.4, 0.5) is 0 Å². The van der Waals surface area contributed by atoms with Crippen molar-refractivity contribution in [1.82, 2.24) is 16.0 Å². The number of carbonyl (C=O) groups is 3. The highest BCUT2D eigenvalue weighted by molar-refractivity contribution is 7.80. The van der Waals surface area contributed by atoms with E-state index in [2.05, 4.69) is 28.6 Å². The number of amides is 2. The summed E-state index contributed by atoms with van der Waals surface area (Å²) in [5.74, 6) is -2.05. The second-order valence-corrected chi connectivity index (χ2v) is 6.53. The van der Waals surface area contributed by atoms with Crippen molar-refractivity contribution in [1.29, 1.82) is 0 Å². The van der Waals surface area contributed by atoms with Gasteiger partial charge in [-0.1, -0.05) is 12.1 Å². The summed E-state index contributed by atoms with van der Waals surface area (Å²) >= 11 is 3.93. The molecule has 0 aromatic heterocycles. The molecule has 0 saturated carbocycles. The molecular formula is C17H23N3O5S. The topological polar surface area (TPSA) is 128 Å². The van der Waals surface area contributed by atoms with E-state index in [0.717, 1.165) is 18.5 Å². The van der Waals surface area contributed by atoms with Gasteiger partial charge in [-0.2, -0.15) is 12.6 Å². The zero-order valence-electron chi connectivity index (χ0n) is 14.1. The van der Waals surface area contributed by atoms with Crippen molar-refractivity contribution >= 4 is 30.4 Å². The summed E-state index contributed by atoms with van der Waals surface area (Å²) in [6.07, 6.45) is 1.74. The van der Waals surface area contributed by atoms with E-state index in [-0.39, 0.29) is 29.9 Å². The summed E-state index contributed by atoms with van der Waals surface area (Å²) in [5.41, 5.74) is 0.723. The van der Waals surface area contributed by atoms with Crippen molar-refractivity contribution in [3.8, 4) is 5.75 Å². The van der Waals surface area contributed by atoms with Gasteiger partial charge in [0.05, 0.1) is 6.04 Å². The summed E-state index contributed by atoms with van der Waals surface area (Å²) in [6, 6.07) is 3.82. The Morgan fingerprint density at radius 2 is 1.88 bits per heavy atom. The maximum absolute atomic E-state index is 12.5. The molecule has 0 unspecified atom stereocenters. The molecule has 0 radical (unpaired) electrons. The number of benzene rings is 1. The van der Waals surface area contributed by atoms with Gasteiger partial charge < -0.3 is 26.2 Å². The number of nitrogens with one attached hydrogen (secondary N) is 3. The maximum atomic E-state index is 12.5. The standard InChI is InChI=1S/C17H23N3O5S/c21-11-5-3-10(4-6-11)8-13(16(23)20-14(9-26)17(24)25)19-15(22)12-2-1-7-18-12/h3-6,12-14,18,21,26H,1-2,7-9H2,(H,19,22)(H,20,23)(H,24,25)/t12-,13-,14-/m0/s1. The van der Waals surface area contributed by atoms with Gasteiger partial charge in [0.2, 0.25) is 11.8 Å². The van der Waals surface area contributed by atoms with E-state index in [1.165, 1.54) is 12.1 Å². The van der Waals surface area contributed by atoms with Crippen LogP contribution in [0.5, 0.6) is 5.75 Å². The molecule has 26 heavy (non-hydrogen) atoms. The Morgan fingerprint density at radius 1 is 1.19 bits per heavy atom. The molecule has 2 amide bonds. The maximum Gasteiger partial charge on any atom is 0.327 e. The van der Waals surface area contributed by atoms with E-state index in [1.807, 2.05) is 0 Å². The summed E-state index contributed by atoms with van der Waals surface area (Å²) in [5, 5.41) is 26.6. The lowest BCUT2D eigenvalue weighted by atomic mass is 10.0. The van der Waals surface area contributed by atoms with Crippen molar-refractivity contribution in [2.45, 2.75) is 37.4 Å². The minimum Gasteiger partial charge on any atom is -0.508 e. The summed E-state index contributed by atoms with van der Waals surface area (Å²) in [7, 11) is 0. The number of carboxylic acids is 1. The smallest absolute Gasteiger partial charge is 0.327 e. The lowest BCUT2D eigenvalue weighted by Gasteiger charge is -2.22. The number of carboxylic acid groups (broad SMARTS) is 1. The molecular weight excluding hydrogens is 358 g/mol. The predicted octanol–water partition coefficient (Wildman–Crippen LogP) is -0.329. The molecule has 1 aromatic carbocycles. The molecule has 1 heterocycles. The number of carbonyl (C=O) groups excluding carboxylic acids is 2. The molecule has 9 heteroatoms. The van der Waals surface area contributed by atoms with E-state index in [0.29, 0.717) is 6.42 Å². The number of thiol groups is 1. The Labute approximate surface area is 156 Å². The van der Waals surface area contributed by atoms with E-state index in [4.69, 9.17) is 5.11 Å². The number of aliphatic carboxylic acids is 1. The Kier molecular flexibility index (Phi) is 7.28. The molecule has 1 saturated heterocycles. The second kappa shape index (κ2) is 9.44. The van der Waals surface area contributed by atoms with Crippen molar-refractivity contribution in [2.24, 2.45) is 0 Å². The molecule has 142 valence electrons. The molecule has 5 N–H and O–H groups in total. The molecule has 1 aliphatic rings. The third kappa shape index (κ3) is 5.63. The zero-order chi connectivity index (χ0) is 19.1. The van der Waals surface area contributed by atoms with Crippen molar-refractivity contribution in [3.63, 3.8) is 0 Å². The lowest BCUT2D eigenvalue weighted by molar-refractivity contribution is -0.141. The highest BCUT2D eigenvalue weighted by atomic mass is 32.1. The highest BCUT2D eigenvalue weighted by Crippen LogP contribution is 2.12. The first-order valence-electron chi connectivity index (χ1n) is 8.36. The Morgan fingerprint density at radius 3 is 2.42 bits per heavy atom. The van der Waals surface area contributed by atoms with Crippen LogP contribution in [0.2, 0.25) is 0 Å². The SMILES string of the molecule is O=C(O)[C@H](CS)NC(=O)[C@H](Cc1ccc(O)cc1)NC(=O)[C@@H]1CCCN1. The van der Waals surface area contributed by atoms with Crippen LogP contribution < -0.4 is 16.0 Å². The van der Waals surface area contributed by atoms with Crippen LogP contribution in [-0.4, -0.2) is 58.4 Å². The summed E-state index contributed by atoms with van der Waals surface area (Å²) < 4.78 is 0. The van der Waals surface area contributed by atoms with Crippen molar-refractivity contribution in [3.05, 3.63) is 29.8 Å². The van der Waals surface area contributed by atoms with Gasteiger partial charge in [0.25, 0.3) is 0 Å². The van der Waals surface area contributed by atoms with Crippen LogP contribution in [0.3, 0.4) is 0 Å². The molecule has 3 atom stereocenters. The summed E-state index contributed by atoms with van der Waals surface area (Å²) in [6.45, 7) is 0.744. The lowest BCUT2D eigenvalue weighted by Crippen LogP contribution is -2.55. The van der Waals surface area contributed by atoms with E-state index in [1.54, 1.807) is 12.1 Å². The molecule has 1 aliphatic heterocycles. The van der Waals surface area contributed by atoms with Crippen LogP contribution in [0.1, 0.15) is 18.4 Å². The van der Waals surface area contributed by atoms with Crippen molar-refractivity contribution < 1.29 is 24.6 Å². The number of hydrogen-bond donors (Lipinski definition) is 6. The van der Waals surface area contributed by atoms with Crippen LogP contribution >= 0.6 is 12.6 Å². The number of aromatic hydroxyl groups is 1. The van der Waals surface area contributed by atoms with Crippen LogP contribution in [-0.2, 0) is 20.8 Å². The zero-order valence-corrected chi connectivity index (χ0v) is 15.0. The average Bonchev–Trinajstić information content (AvgIpc) is 3.15. The Balaban J connectivity index is 2.10. The Bertz CT molecular complexity index is 646. The fourth-order valence-electron chi connectivity index (χ4n) is 2.72. The molecule has 2 rings (SSSR count). The van der Waals surface area contributed by atoms with Gasteiger partial charge in [-0.25, -0.2) is 4.79 Å². The molecule has 1 fully saturated rings. The third-order valence-corrected chi connectivity index (χ3v) is 4.55. The highest BCUT2D eigenvalue weighted by Gasteiger charge is 2.29. The first kappa shape index (κ1) is 20.1. The quantitative estimate of drug-likeness (QED) is 0.342. The fraction of sp³-hybridized carbons (Fsp3) is 0.471. The molecule has 0 aliphatic carbocycles. The molecule has 0 bridgehead atoms. The van der Waals surface area contributed by atoms with Gasteiger partial charge in [-0.15, -0.1) is 0 Å². The predicted molar refractivity (Wildman–Crippen MR) is 98.2 cm³/mol. The molecule has 1 aromatic rings. The number of phenols is 1. The van der Waals surface area contributed by atoms with E-state index >= 15 is 0 Å². The van der Waals surface area contributed by atoms with Gasteiger partial charge in [-0.3, -0.25) is 9.59 Å². The van der Waals surface area contributed by atoms with Gasteiger partial charge in [0.1, 0.15) is 17.8 Å². The van der Waals surface area contributed by atoms with Gasteiger partial charge in [-0.05, 0) is 37.1 Å². The van der Waals surface area contributed by atoms with Gasteiger partial charge in [0.15, 0.2) is 0 Å². The average molecular weight is 381 g/mol. The first-order valence-corrected chi connectivity index (χ1v) is 8.99. The number of rotatable bonds is 8. The van der Waals surface area contributed by atoms with Gasteiger partial charge >= 0.3 is 5.97 Å². The number of hydrogen-bond acceptors (Lipinski definition) is 6. The first-order chi connectivity index (χ1) is 12.4. The monoisotopic (exact) mass is 381 g/mol. The third-order valence-electron chi connectivity index (χ3n) is 4.18. The van der Waals surface area contributed by atoms with E-state index in [9.17, 15) is 19.5 Å². The van der Waals surface area contributed by atoms with Crippen LogP contribution in [0.15, 0.2) is 24.3 Å². The van der Waals surface area contributed by atoms with E-state index < -0.39 is 24.0 Å². The minimum absolute atomic E-state index is 0.0644. The fourth-order valence-corrected chi connectivity index (χ4v) is 2.96. The largest absolute Gasteiger partial charge is 0.508 e. The summed E-state index contributed by atoms with van der Waals surface area (Å²) in [4.78, 5) is 36.0. The molecule has 0 spiro atoms. The molecule has 8 nitrogen and oxygen atoms in total. The minimum atomic E-state index is -1.19. The normalized spacial score (nSPS) is 18.7.